The zero-order valence-corrected chi connectivity index (χ0v) is 33.1. The number of phenols is 2. The molecule has 2 aromatic carbocycles. The molecule has 2 fully saturated rings. The van der Waals surface area contributed by atoms with Crippen molar-refractivity contribution in [2.24, 2.45) is 0 Å². The third kappa shape index (κ3) is 8.39. The molecule has 17 nitrogen and oxygen atoms in total. The normalized spacial score (nSPS) is 19.7. The second-order valence-corrected chi connectivity index (χ2v) is 16.6. The second kappa shape index (κ2) is 15.1. The van der Waals surface area contributed by atoms with Crippen molar-refractivity contribution in [2.45, 2.75) is 89.0 Å². The number of aromatic nitrogens is 11. The molecule has 17 heteroatoms. The molecule has 0 spiro atoms. The molecule has 57 heavy (non-hydrogen) atoms. The summed E-state index contributed by atoms with van der Waals surface area (Å²) in [6, 6.07) is 11.3. The molecule has 0 aliphatic carbocycles. The molecule has 296 valence electrons. The highest BCUT2D eigenvalue weighted by Gasteiger charge is 2.40. The van der Waals surface area contributed by atoms with Gasteiger partial charge in [-0.2, -0.15) is 10.2 Å². The quantitative estimate of drug-likeness (QED) is 0.129. The fraction of sp³-hybridized carbons (Fsp3) is 0.425. The Kier molecular flexibility index (Phi) is 10.0. The Morgan fingerprint density at radius 3 is 2.23 bits per heavy atom. The molecule has 2 atom stereocenters. The van der Waals surface area contributed by atoms with Crippen LogP contribution in [0.2, 0.25) is 0 Å². The second-order valence-electron chi connectivity index (χ2n) is 16.6. The van der Waals surface area contributed by atoms with Crippen LogP contribution < -0.4 is 15.5 Å². The minimum Gasteiger partial charge on any atom is -0.507 e. The maximum atomic E-state index is 11.1. The number of anilines is 2. The van der Waals surface area contributed by atoms with E-state index in [9.17, 15) is 10.2 Å². The van der Waals surface area contributed by atoms with Crippen LogP contribution in [0.1, 0.15) is 59.2 Å². The van der Waals surface area contributed by atoms with Crippen molar-refractivity contribution >= 4 is 11.9 Å². The number of nitrogens with one attached hydrogen (secondary N) is 3. The molecule has 0 bridgehead atoms. The number of benzene rings is 2. The van der Waals surface area contributed by atoms with Crippen LogP contribution in [0.5, 0.6) is 11.5 Å². The molecular weight excluding hydrogens is 723 g/mol. The first-order valence-electron chi connectivity index (χ1n) is 19.2. The van der Waals surface area contributed by atoms with Gasteiger partial charge in [-0.15, -0.1) is 20.4 Å². The van der Waals surface area contributed by atoms with E-state index in [-0.39, 0.29) is 40.7 Å². The van der Waals surface area contributed by atoms with Crippen LogP contribution >= 0.6 is 0 Å². The largest absolute Gasteiger partial charge is 0.507 e. The summed E-state index contributed by atoms with van der Waals surface area (Å²) < 4.78 is 1.67. The highest BCUT2D eigenvalue weighted by Crippen LogP contribution is 2.34. The van der Waals surface area contributed by atoms with Gasteiger partial charge in [0.1, 0.15) is 29.2 Å². The van der Waals surface area contributed by atoms with Gasteiger partial charge >= 0.3 is 0 Å². The molecular formula is C40H49N15O2. The number of aromatic amines is 1. The molecule has 2 aliphatic rings. The van der Waals surface area contributed by atoms with Crippen LogP contribution in [0.15, 0.2) is 67.5 Å². The van der Waals surface area contributed by atoms with Gasteiger partial charge < -0.3 is 30.6 Å². The summed E-state index contributed by atoms with van der Waals surface area (Å²) in [5.41, 5.74) is 4.43. The molecule has 2 saturated heterocycles. The fourth-order valence-electron chi connectivity index (χ4n) is 8.39. The maximum absolute atomic E-state index is 11.1. The van der Waals surface area contributed by atoms with Crippen molar-refractivity contribution in [3.05, 3.63) is 73.3 Å². The molecule has 5 N–H and O–H groups in total. The SMILES string of the molecule is CN1CCC(Nc2ncc(-c3ccc(-c4cn[nH]c4)cc3O)nn2)CC1Cc1ncn(-c2ccc(-c3cnc(N(C)C4CC(C)(C)NC(C)(C)C4)nn3)c(O)c2)n1. The van der Waals surface area contributed by atoms with Crippen molar-refractivity contribution in [1.29, 1.82) is 0 Å². The molecule has 4 aromatic heterocycles. The van der Waals surface area contributed by atoms with Gasteiger partial charge in [0.05, 0.1) is 24.3 Å². The molecule has 6 heterocycles. The Bertz CT molecular complexity index is 2290. The van der Waals surface area contributed by atoms with Crippen molar-refractivity contribution in [3.8, 4) is 50.8 Å². The summed E-state index contributed by atoms with van der Waals surface area (Å²) >= 11 is 0. The van der Waals surface area contributed by atoms with Gasteiger partial charge in [0.25, 0.3) is 0 Å². The van der Waals surface area contributed by atoms with E-state index in [0.717, 1.165) is 43.4 Å². The summed E-state index contributed by atoms with van der Waals surface area (Å²) in [5.74, 6) is 1.83. The van der Waals surface area contributed by atoms with Gasteiger partial charge in [-0.3, -0.25) is 5.10 Å². The fourth-order valence-corrected chi connectivity index (χ4v) is 8.39. The van der Waals surface area contributed by atoms with Crippen LogP contribution in [0.3, 0.4) is 0 Å². The summed E-state index contributed by atoms with van der Waals surface area (Å²) in [6.45, 7) is 9.78. The minimum atomic E-state index is -0.00662. The Balaban J connectivity index is 0.877. The summed E-state index contributed by atoms with van der Waals surface area (Å²) in [4.78, 5) is 18.2. The highest BCUT2D eigenvalue weighted by atomic mass is 16.3. The minimum absolute atomic E-state index is 0.00662. The van der Waals surface area contributed by atoms with E-state index >= 15 is 0 Å². The number of hydrogen-bond acceptors (Lipinski definition) is 15. The molecule has 6 aromatic rings. The van der Waals surface area contributed by atoms with Crippen LogP contribution in [0.25, 0.3) is 39.3 Å². The average molecular weight is 772 g/mol. The Hall–Kier alpha value is -6.07. The van der Waals surface area contributed by atoms with Crippen LogP contribution in [-0.4, -0.2) is 120 Å². The first kappa shape index (κ1) is 37.8. The average Bonchev–Trinajstić information content (AvgIpc) is 3.89. The summed E-state index contributed by atoms with van der Waals surface area (Å²) in [7, 11) is 4.13. The first-order valence-corrected chi connectivity index (χ1v) is 19.2. The van der Waals surface area contributed by atoms with Crippen LogP contribution in [0, 0.1) is 0 Å². The summed E-state index contributed by atoms with van der Waals surface area (Å²) in [5, 5.41) is 58.0. The highest BCUT2D eigenvalue weighted by molar-refractivity contribution is 5.73. The number of hydrogen-bond donors (Lipinski definition) is 5. The van der Waals surface area contributed by atoms with Gasteiger partial charge in [-0.1, -0.05) is 6.07 Å². The number of piperidine rings is 2. The lowest BCUT2D eigenvalue weighted by Crippen LogP contribution is -2.62. The van der Waals surface area contributed by atoms with E-state index < -0.39 is 0 Å². The number of aromatic hydroxyl groups is 2. The predicted molar refractivity (Wildman–Crippen MR) is 216 cm³/mol. The number of phenolic OH excluding ortho intramolecular Hbond substituents is 2. The number of likely N-dealkylation sites (N-methyl/N-ethyl adjacent to an activating group) is 1. The van der Waals surface area contributed by atoms with E-state index in [1.54, 1.807) is 60.1 Å². The van der Waals surface area contributed by atoms with Crippen LogP contribution in [-0.2, 0) is 6.42 Å². The molecule has 0 saturated carbocycles. The summed E-state index contributed by atoms with van der Waals surface area (Å²) in [6.07, 6.45) is 12.7. The number of rotatable bonds is 10. The monoisotopic (exact) mass is 771 g/mol. The van der Waals surface area contributed by atoms with Gasteiger partial charge in [-0.25, -0.2) is 19.6 Å². The molecule has 8 rings (SSSR count). The van der Waals surface area contributed by atoms with Gasteiger partial charge in [0.2, 0.25) is 11.9 Å². The maximum Gasteiger partial charge on any atom is 0.245 e. The zero-order chi connectivity index (χ0) is 39.9. The van der Waals surface area contributed by atoms with Crippen LogP contribution in [0.4, 0.5) is 11.9 Å². The smallest absolute Gasteiger partial charge is 0.245 e. The lowest BCUT2D eigenvalue weighted by atomic mass is 9.79. The van der Waals surface area contributed by atoms with Crippen molar-refractivity contribution in [2.75, 3.05) is 30.9 Å². The molecule has 0 radical (unpaired) electrons. The van der Waals surface area contributed by atoms with E-state index in [1.165, 1.54) is 0 Å². The van der Waals surface area contributed by atoms with Gasteiger partial charge in [-0.05, 0) is 90.3 Å². The lowest BCUT2D eigenvalue weighted by Gasteiger charge is -2.48. The van der Waals surface area contributed by atoms with Crippen molar-refractivity contribution in [3.63, 3.8) is 0 Å². The Morgan fingerprint density at radius 2 is 1.58 bits per heavy atom. The molecule has 2 aliphatic heterocycles. The number of likely N-dealkylation sites (tertiary alicyclic amines) is 1. The van der Waals surface area contributed by atoms with E-state index in [1.807, 2.05) is 19.2 Å². The third-order valence-electron chi connectivity index (χ3n) is 11.1. The lowest BCUT2D eigenvalue weighted by molar-refractivity contribution is 0.160. The van der Waals surface area contributed by atoms with Crippen molar-refractivity contribution in [1.82, 2.24) is 65.5 Å². The Morgan fingerprint density at radius 1 is 0.860 bits per heavy atom. The third-order valence-corrected chi connectivity index (χ3v) is 11.1. The van der Waals surface area contributed by atoms with E-state index in [4.69, 9.17) is 5.10 Å². The first-order chi connectivity index (χ1) is 27.3. The standard InChI is InChI=1S/C40H49N15O2/c1-39(2)17-29(18-40(3,4)52-39)54(6)38-42-22-33(48-50-38)31-10-8-27(15-35(31)57)55-23-43-36(51-55)16-28-14-26(11-12-53(28)5)46-37-41-21-32(47-49-37)30-9-7-24(13-34(30)56)25-19-44-45-20-25/h7-10,13,15,19-23,26,28-29,52,56-57H,11-12,14,16-18H2,1-6H3,(H,44,45)(H,41,46,49). The molecule has 2 unspecified atom stereocenters. The molecule has 0 amide bonds. The Labute approximate surface area is 331 Å². The van der Waals surface area contributed by atoms with E-state index in [0.29, 0.717) is 52.3 Å². The predicted octanol–water partition coefficient (Wildman–Crippen LogP) is 4.64. The number of H-pyrrole nitrogens is 1. The zero-order valence-electron chi connectivity index (χ0n) is 33.1. The topological polar surface area (TPSA) is 208 Å². The van der Waals surface area contributed by atoms with Gasteiger partial charge in [0.15, 0.2) is 5.82 Å². The number of nitrogens with zero attached hydrogens (tertiary/aromatic N) is 12. The van der Waals surface area contributed by atoms with E-state index in [2.05, 4.69) is 101 Å². The van der Waals surface area contributed by atoms with Gasteiger partial charge in [0, 0.05) is 78.2 Å². The van der Waals surface area contributed by atoms with Crippen molar-refractivity contribution < 1.29 is 10.2 Å².